The molecule has 4 heteroatoms. The van der Waals surface area contributed by atoms with Gasteiger partial charge in [0.05, 0.1) is 5.70 Å². The highest BCUT2D eigenvalue weighted by Gasteiger charge is 2.20. The van der Waals surface area contributed by atoms with E-state index in [9.17, 15) is 0 Å². The summed E-state index contributed by atoms with van der Waals surface area (Å²) in [6.07, 6.45) is 2.02. The zero-order valence-electron chi connectivity index (χ0n) is 13.9. The lowest BCUT2D eigenvalue weighted by Crippen LogP contribution is -2.45. The number of hydrogen-bond donors (Lipinski definition) is 1. The average molecular weight is 332 g/mol. The minimum absolute atomic E-state index is 0.627. The number of rotatable bonds is 4. The third-order valence-electron chi connectivity index (χ3n) is 3.78. The second-order valence-electron chi connectivity index (χ2n) is 5.13. The Morgan fingerprint density at radius 3 is 1.96 bits per heavy atom. The summed E-state index contributed by atoms with van der Waals surface area (Å²) in [7, 11) is 0. The van der Waals surface area contributed by atoms with Crippen LogP contribution in [0.1, 0.15) is 12.5 Å². The maximum atomic E-state index is 5.93. The van der Waals surface area contributed by atoms with Crippen molar-refractivity contribution in [2.24, 2.45) is 5.73 Å². The van der Waals surface area contributed by atoms with Crippen LogP contribution in [0.2, 0.25) is 5.02 Å². The lowest BCUT2D eigenvalue weighted by Gasteiger charge is -2.39. The zero-order valence-corrected chi connectivity index (χ0v) is 14.6. The summed E-state index contributed by atoms with van der Waals surface area (Å²) in [5.74, 6) is 0. The first kappa shape index (κ1) is 18.9. The van der Waals surface area contributed by atoms with Crippen molar-refractivity contribution < 1.29 is 0 Å². The fraction of sp³-hybridized carbons (Fsp3) is 0.263. The van der Waals surface area contributed by atoms with Gasteiger partial charge in [-0.2, -0.15) is 0 Å². The Labute approximate surface area is 145 Å². The molecule has 23 heavy (non-hydrogen) atoms. The maximum Gasteiger partial charge on any atom is 0.0551 e. The largest absolute Gasteiger partial charge is 0.398 e. The molecule has 0 saturated carbocycles. The van der Waals surface area contributed by atoms with Gasteiger partial charge in [-0.3, -0.25) is 0 Å². The molecule has 0 aliphatic carbocycles. The summed E-state index contributed by atoms with van der Waals surface area (Å²) in [5, 5.41) is 0.746. The normalized spacial score (nSPS) is 14.8. The van der Waals surface area contributed by atoms with E-state index in [0.29, 0.717) is 5.70 Å². The van der Waals surface area contributed by atoms with E-state index in [1.54, 1.807) is 0 Å². The molecular formula is C19H26ClN3. The second-order valence-corrected chi connectivity index (χ2v) is 5.56. The Hall–Kier alpha value is -2.13. The number of benzene rings is 1. The minimum Gasteiger partial charge on any atom is -0.398 e. The van der Waals surface area contributed by atoms with Crippen molar-refractivity contribution in [2.75, 3.05) is 26.2 Å². The highest BCUT2D eigenvalue weighted by atomic mass is 35.5. The van der Waals surface area contributed by atoms with Gasteiger partial charge in [-0.25, -0.2) is 0 Å². The molecule has 124 valence electrons. The Balaban J connectivity index is 0.00000127. The van der Waals surface area contributed by atoms with Crippen LogP contribution in [0.15, 0.2) is 68.1 Å². The summed E-state index contributed by atoms with van der Waals surface area (Å²) >= 11 is 5.93. The smallest absolute Gasteiger partial charge is 0.0551 e. The van der Waals surface area contributed by atoms with Gasteiger partial charge in [0.2, 0.25) is 0 Å². The number of halogens is 1. The second kappa shape index (κ2) is 9.11. The molecule has 2 N–H and O–H groups in total. The van der Waals surface area contributed by atoms with Gasteiger partial charge in [-0.15, -0.1) is 13.2 Å². The molecule has 1 aromatic rings. The Kier molecular flexibility index (Phi) is 7.49. The van der Waals surface area contributed by atoms with Crippen LogP contribution in [0.3, 0.4) is 0 Å². The quantitative estimate of drug-likeness (QED) is 0.665. The van der Waals surface area contributed by atoms with Crippen LogP contribution in [0.5, 0.6) is 0 Å². The summed E-state index contributed by atoms with van der Waals surface area (Å²) in [4.78, 5) is 4.57. The molecule has 3 nitrogen and oxygen atoms in total. The molecule has 0 spiro atoms. The highest BCUT2D eigenvalue weighted by Crippen LogP contribution is 2.22. The molecule has 1 fully saturated rings. The zero-order chi connectivity index (χ0) is 17.4. The van der Waals surface area contributed by atoms with Gasteiger partial charge in [0.25, 0.3) is 0 Å². The van der Waals surface area contributed by atoms with Crippen molar-refractivity contribution in [3.63, 3.8) is 0 Å². The third-order valence-corrected chi connectivity index (χ3v) is 4.03. The molecule has 1 saturated heterocycles. The number of hydrogen-bond acceptors (Lipinski definition) is 3. The molecule has 2 rings (SSSR count). The van der Waals surface area contributed by atoms with Crippen molar-refractivity contribution in [3.05, 3.63) is 78.6 Å². The number of nitrogens with two attached hydrogens (primary N) is 1. The standard InChI is InChI=1S/C17H22ClN3.C2H4/c1-4-17(13(2)19)21-11-9-20(10-12-21)14(3)15-5-7-16(18)8-6-15;1-2/h4-8H,2-3,9-12,19H2,1H3;1-2H2/b17-4+;. The van der Waals surface area contributed by atoms with Gasteiger partial charge in [0.1, 0.15) is 0 Å². The molecule has 1 heterocycles. The monoisotopic (exact) mass is 331 g/mol. The van der Waals surface area contributed by atoms with E-state index in [1.165, 1.54) is 0 Å². The van der Waals surface area contributed by atoms with E-state index < -0.39 is 0 Å². The van der Waals surface area contributed by atoms with Crippen molar-refractivity contribution in [2.45, 2.75) is 6.92 Å². The summed E-state index contributed by atoms with van der Waals surface area (Å²) in [6, 6.07) is 7.82. The van der Waals surface area contributed by atoms with Crippen LogP contribution in [0.4, 0.5) is 0 Å². The van der Waals surface area contributed by atoms with E-state index in [1.807, 2.05) is 37.3 Å². The van der Waals surface area contributed by atoms with Gasteiger partial charge in [-0.05, 0) is 24.6 Å². The first-order valence-corrected chi connectivity index (χ1v) is 7.96. The topological polar surface area (TPSA) is 32.5 Å². The lowest BCUT2D eigenvalue weighted by molar-refractivity contribution is 0.216. The van der Waals surface area contributed by atoms with E-state index in [-0.39, 0.29) is 0 Å². The Bertz CT molecular complexity index is 567. The molecule has 0 aromatic heterocycles. The molecule has 0 bridgehead atoms. The molecule has 1 aliphatic rings. The van der Waals surface area contributed by atoms with Gasteiger partial charge >= 0.3 is 0 Å². The SMILES string of the molecule is C=C.C=C(N)/C(=C\C)N1CCN(C(=C)c2ccc(Cl)cc2)CC1. The summed E-state index contributed by atoms with van der Waals surface area (Å²) < 4.78 is 0. The third kappa shape index (κ3) is 4.93. The van der Waals surface area contributed by atoms with Crippen molar-refractivity contribution in [1.29, 1.82) is 0 Å². The van der Waals surface area contributed by atoms with Crippen molar-refractivity contribution >= 4 is 17.3 Å². The Morgan fingerprint density at radius 2 is 1.52 bits per heavy atom. The molecule has 0 amide bonds. The predicted octanol–water partition coefficient (Wildman–Crippen LogP) is 4.11. The van der Waals surface area contributed by atoms with E-state index in [2.05, 4.69) is 36.1 Å². The molecule has 1 aliphatic heterocycles. The molecule has 1 aromatic carbocycles. The first-order chi connectivity index (χ1) is 11.0. The number of allylic oxidation sites excluding steroid dienone is 1. The van der Waals surface area contributed by atoms with Gasteiger partial charge in [0.15, 0.2) is 0 Å². The van der Waals surface area contributed by atoms with E-state index in [4.69, 9.17) is 17.3 Å². The van der Waals surface area contributed by atoms with Crippen LogP contribution in [0, 0.1) is 0 Å². The summed E-state index contributed by atoms with van der Waals surface area (Å²) in [5.41, 5.74) is 9.65. The van der Waals surface area contributed by atoms with Gasteiger partial charge in [0, 0.05) is 42.6 Å². The number of nitrogens with zero attached hydrogens (tertiary/aromatic N) is 2. The van der Waals surface area contributed by atoms with Crippen LogP contribution in [-0.2, 0) is 0 Å². The summed E-state index contributed by atoms with van der Waals surface area (Å²) in [6.45, 7) is 19.7. The molecular weight excluding hydrogens is 306 g/mol. The van der Waals surface area contributed by atoms with E-state index >= 15 is 0 Å². The maximum absolute atomic E-state index is 5.93. The van der Waals surface area contributed by atoms with Crippen molar-refractivity contribution in [1.82, 2.24) is 9.80 Å². The molecule has 0 atom stereocenters. The van der Waals surface area contributed by atoms with Crippen LogP contribution >= 0.6 is 11.6 Å². The minimum atomic E-state index is 0.627. The van der Waals surface area contributed by atoms with Crippen LogP contribution < -0.4 is 5.73 Å². The fourth-order valence-electron chi connectivity index (χ4n) is 2.61. The Morgan fingerprint density at radius 1 is 1.04 bits per heavy atom. The van der Waals surface area contributed by atoms with Crippen LogP contribution in [-0.4, -0.2) is 36.0 Å². The fourth-order valence-corrected chi connectivity index (χ4v) is 2.74. The van der Waals surface area contributed by atoms with Crippen LogP contribution in [0.25, 0.3) is 5.70 Å². The lowest BCUT2D eigenvalue weighted by atomic mass is 10.1. The predicted molar refractivity (Wildman–Crippen MR) is 102 cm³/mol. The molecule has 0 radical (unpaired) electrons. The van der Waals surface area contributed by atoms with Gasteiger partial charge in [-0.1, -0.05) is 43.0 Å². The average Bonchev–Trinajstić information content (AvgIpc) is 2.58. The van der Waals surface area contributed by atoms with Crippen molar-refractivity contribution in [3.8, 4) is 0 Å². The number of piperazine rings is 1. The highest BCUT2D eigenvalue weighted by molar-refractivity contribution is 6.30. The first-order valence-electron chi connectivity index (χ1n) is 7.58. The molecule has 0 unspecified atom stereocenters. The van der Waals surface area contributed by atoms with Gasteiger partial charge < -0.3 is 15.5 Å². The van der Waals surface area contributed by atoms with E-state index in [0.717, 1.165) is 48.2 Å².